The average Bonchev–Trinajstić information content (AvgIpc) is 3.70. The van der Waals surface area contributed by atoms with Crippen molar-refractivity contribution in [3.63, 3.8) is 0 Å². The zero-order valence-electron chi connectivity index (χ0n) is 18.2. The molecule has 33 heavy (non-hydrogen) atoms. The van der Waals surface area contributed by atoms with Crippen molar-refractivity contribution in [2.24, 2.45) is 11.7 Å². The van der Waals surface area contributed by atoms with Gasteiger partial charge in [-0.15, -0.1) is 0 Å². The van der Waals surface area contributed by atoms with Crippen LogP contribution in [0.2, 0.25) is 0 Å². The second kappa shape index (κ2) is 8.30. The highest BCUT2D eigenvalue weighted by molar-refractivity contribution is 6.02. The number of methoxy groups -OCH3 is 1. The van der Waals surface area contributed by atoms with E-state index in [1.807, 2.05) is 0 Å². The van der Waals surface area contributed by atoms with Gasteiger partial charge in [0.1, 0.15) is 35.1 Å². The van der Waals surface area contributed by atoms with E-state index in [1.54, 1.807) is 35.0 Å². The Hall–Kier alpha value is -3.20. The molecule has 2 saturated carbocycles. The molecule has 3 aromatic rings. The minimum Gasteiger partial charge on any atom is -0.496 e. The van der Waals surface area contributed by atoms with Crippen molar-refractivity contribution in [3.8, 4) is 28.5 Å². The van der Waals surface area contributed by atoms with E-state index in [0.717, 1.165) is 25.7 Å². The number of benzene rings is 1. The van der Waals surface area contributed by atoms with Crippen LogP contribution in [0.3, 0.4) is 0 Å². The van der Waals surface area contributed by atoms with Gasteiger partial charge in [-0.3, -0.25) is 9.20 Å². The fourth-order valence-electron chi connectivity index (χ4n) is 3.85. The summed E-state index contributed by atoms with van der Waals surface area (Å²) < 4.78 is 44.2. The number of hydrogen-bond donors (Lipinski definition) is 1. The number of alkyl halides is 2. The Morgan fingerprint density at radius 3 is 2.70 bits per heavy atom. The van der Waals surface area contributed by atoms with E-state index in [-0.39, 0.29) is 34.8 Å². The van der Waals surface area contributed by atoms with Gasteiger partial charge in [0.05, 0.1) is 24.5 Å². The van der Waals surface area contributed by atoms with Crippen molar-refractivity contribution in [3.05, 3.63) is 42.2 Å². The molecule has 0 unspecified atom stereocenters. The van der Waals surface area contributed by atoms with Crippen LogP contribution >= 0.6 is 0 Å². The summed E-state index contributed by atoms with van der Waals surface area (Å²) in [6, 6.07) is 6.67. The zero-order valence-corrected chi connectivity index (χ0v) is 18.2. The largest absolute Gasteiger partial charge is 0.496 e. The van der Waals surface area contributed by atoms with Crippen molar-refractivity contribution < 1.29 is 27.8 Å². The standard InChI is InChI=1S/C24H25F2N3O4/c1-31-19-9-15(10-20(33-23(25)26)22(19)18(30)8-14-2-3-14)17-12-28-21-11-16(4-7-29(17)21)32-13-24(27)5-6-24/h4,7,9-12,14,23H,2-3,5-6,8,13,27H2,1H3. The van der Waals surface area contributed by atoms with Gasteiger partial charge in [0.25, 0.3) is 0 Å². The summed E-state index contributed by atoms with van der Waals surface area (Å²) in [6.07, 6.45) is 7.54. The minimum absolute atomic E-state index is 0.0498. The molecule has 2 aromatic heterocycles. The van der Waals surface area contributed by atoms with Gasteiger partial charge in [0.15, 0.2) is 5.78 Å². The van der Waals surface area contributed by atoms with Crippen LogP contribution in [0.15, 0.2) is 36.7 Å². The van der Waals surface area contributed by atoms with Gasteiger partial charge < -0.3 is 19.9 Å². The number of imidazole rings is 1. The Morgan fingerprint density at radius 2 is 2.03 bits per heavy atom. The Kier molecular flexibility index (Phi) is 5.44. The molecule has 7 nitrogen and oxygen atoms in total. The normalized spacial score (nSPS) is 16.8. The predicted molar refractivity (Wildman–Crippen MR) is 117 cm³/mol. The summed E-state index contributed by atoms with van der Waals surface area (Å²) in [5.41, 5.74) is 7.68. The van der Waals surface area contributed by atoms with Crippen LogP contribution in [0.25, 0.3) is 16.9 Å². The second-order valence-corrected chi connectivity index (χ2v) is 8.89. The number of ether oxygens (including phenoxy) is 3. The summed E-state index contributed by atoms with van der Waals surface area (Å²) in [5.74, 6) is 0.686. The summed E-state index contributed by atoms with van der Waals surface area (Å²) in [7, 11) is 1.40. The smallest absolute Gasteiger partial charge is 0.387 e. The first-order valence-corrected chi connectivity index (χ1v) is 10.9. The number of aromatic nitrogens is 2. The Morgan fingerprint density at radius 1 is 1.27 bits per heavy atom. The maximum Gasteiger partial charge on any atom is 0.387 e. The van der Waals surface area contributed by atoms with Gasteiger partial charge >= 0.3 is 6.61 Å². The molecule has 0 atom stereocenters. The lowest BCUT2D eigenvalue weighted by Crippen LogP contribution is -2.29. The second-order valence-electron chi connectivity index (χ2n) is 8.89. The molecule has 9 heteroatoms. The molecule has 0 bridgehead atoms. The lowest BCUT2D eigenvalue weighted by Gasteiger charge is -2.16. The summed E-state index contributed by atoms with van der Waals surface area (Å²) in [5, 5.41) is 0. The quantitative estimate of drug-likeness (QED) is 0.452. The molecular weight excluding hydrogens is 432 g/mol. The van der Waals surface area contributed by atoms with Crippen LogP contribution in [0.4, 0.5) is 8.78 Å². The Bertz CT molecular complexity index is 1200. The van der Waals surface area contributed by atoms with Gasteiger partial charge in [0.2, 0.25) is 0 Å². The zero-order chi connectivity index (χ0) is 23.2. The highest BCUT2D eigenvalue weighted by Gasteiger charge is 2.39. The number of fused-ring (bicyclic) bond motifs is 1. The van der Waals surface area contributed by atoms with Gasteiger partial charge in [-0.25, -0.2) is 4.98 Å². The van der Waals surface area contributed by atoms with Gasteiger partial charge in [-0.05, 0) is 49.8 Å². The average molecular weight is 457 g/mol. The molecule has 2 aliphatic rings. The predicted octanol–water partition coefficient (Wildman–Crippen LogP) is 4.46. The first-order chi connectivity index (χ1) is 15.8. The van der Waals surface area contributed by atoms with Gasteiger partial charge in [-0.2, -0.15) is 8.78 Å². The van der Waals surface area contributed by atoms with E-state index in [0.29, 0.717) is 35.2 Å². The van der Waals surface area contributed by atoms with Gasteiger partial charge in [-0.1, -0.05) is 0 Å². The molecule has 0 saturated heterocycles. The van der Waals surface area contributed by atoms with Crippen LogP contribution in [0.1, 0.15) is 42.5 Å². The number of nitrogens with zero attached hydrogens (tertiary/aromatic N) is 2. The number of Topliss-reactive ketones (excluding diaryl/α,β-unsaturated/α-hetero) is 1. The summed E-state index contributed by atoms with van der Waals surface area (Å²) in [6.45, 7) is -2.63. The number of rotatable bonds is 10. The minimum atomic E-state index is -3.07. The lowest BCUT2D eigenvalue weighted by atomic mass is 10.00. The molecule has 2 aliphatic carbocycles. The molecular formula is C24H25F2N3O4. The molecule has 1 aromatic carbocycles. The third-order valence-electron chi connectivity index (χ3n) is 6.15. The SMILES string of the molecule is COc1cc(-c2cnc3cc(OCC4(N)CC4)ccn23)cc(OC(F)F)c1C(=O)CC1CC1. The van der Waals surface area contributed by atoms with Crippen LogP contribution < -0.4 is 19.9 Å². The fraction of sp³-hybridized carbons (Fsp3) is 0.417. The number of nitrogens with two attached hydrogens (primary N) is 1. The fourth-order valence-corrected chi connectivity index (χ4v) is 3.85. The first kappa shape index (κ1) is 21.6. The number of pyridine rings is 1. The van der Waals surface area contributed by atoms with Crippen LogP contribution in [-0.4, -0.2) is 41.0 Å². The van der Waals surface area contributed by atoms with Crippen LogP contribution in [-0.2, 0) is 0 Å². The van der Waals surface area contributed by atoms with E-state index in [2.05, 4.69) is 4.98 Å². The van der Waals surface area contributed by atoms with E-state index in [4.69, 9.17) is 19.9 Å². The molecule has 0 aliphatic heterocycles. The monoisotopic (exact) mass is 457 g/mol. The summed E-state index contributed by atoms with van der Waals surface area (Å²) >= 11 is 0. The maximum absolute atomic E-state index is 13.2. The van der Waals surface area contributed by atoms with Crippen molar-refractivity contribution in [1.29, 1.82) is 0 Å². The van der Waals surface area contributed by atoms with Gasteiger partial charge in [0, 0.05) is 24.2 Å². The highest BCUT2D eigenvalue weighted by atomic mass is 19.3. The molecule has 0 amide bonds. The van der Waals surface area contributed by atoms with E-state index in [9.17, 15) is 13.6 Å². The molecule has 5 rings (SSSR count). The third-order valence-corrected chi connectivity index (χ3v) is 6.15. The van der Waals surface area contributed by atoms with Crippen molar-refractivity contribution >= 4 is 11.4 Å². The molecule has 0 radical (unpaired) electrons. The first-order valence-electron chi connectivity index (χ1n) is 10.9. The highest BCUT2D eigenvalue weighted by Crippen LogP contribution is 2.40. The van der Waals surface area contributed by atoms with Crippen LogP contribution in [0.5, 0.6) is 17.2 Å². The molecule has 174 valence electrons. The van der Waals surface area contributed by atoms with E-state index in [1.165, 1.54) is 13.2 Å². The number of carbonyl (C=O) groups excluding carboxylic acids is 1. The Labute approximate surface area is 189 Å². The van der Waals surface area contributed by atoms with Crippen molar-refractivity contribution in [2.45, 2.75) is 44.3 Å². The molecule has 2 N–H and O–H groups in total. The molecule has 2 fully saturated rings. The number of carbonyl (C=O) groups is 1. The van der Waals surface area contributed by atoms with Crippen molar-refractivity contribution in [1.82, 2.24) is 9.38 Å². The van der Waals surface area contributed by atoms with E-state index < -0.39 is 6.61 Å². The molecule has 2 heterocycles. The van der Waals surface area contributed by atoms with Crippen molar-refractivity contribution in [2.75, 3.05) is 13.7 Å². The third kappa shape index (κ3) is 4.64. The molecule has 0 spiro atoms. The lowest BCUT2D eigenvalue weighted by molar-refractivity contribution is -0.0502. The maximum atomic E-state index is 13.2. The topological polar surface area (TPSA) is 88.1 Å². The number of halogens is 2. The number of hydrogen-bond acceptors (Lipinski definition) is 6. The number of ketones is 1. The summed E-state index contributed by atoms with van der Waals surface area (Å²) in [4.78, 5) is 17.2. The Balaban J connectivity index is 1.50. The van der Waals surface area contributed by atoms with Crippen LogP contribution in [0, 0.1) is 5.92 Å². The van der Waals surface area contributed by atoms with E-state index >= 15 is 0 Å².